The first-order valence-corrected chi connectivity index (χ1v) is 5.64. The van der Waals surface area contributed by atoms with Crippen LogP contribution in [-0.4, -0.2) is 28.6 Å². The summed E-state index contributed by atoms with van der Waals surface area (Å²) in [4.78, 5) is 43.4. The number of benzene rings is 1. The first kappa shape index (κ1) is 13.1. The lowest BCUT2D eigenvalue weighted by Crippen LogP contribution is -2.37. The minimum atomic E-state index is -0.693. The Morgan fingerprint density at radius 2 is 1.89 bits per heavy atom. The van der Waals surface area contributed by atoms with Gasteiger partial charge in [0.05, 0.1) is 22.4 Å². The number of rotatable bonds is 2. The Balaban J connectivity index is 2.50. The molecule has 0 radical (unpaired) electrons. The molecule has 0 aromatic heterocycles. The third kappa shape index (κ3) is 2.31. The molecule has 0 saturated heterocycles. The van der Waals surface area contributed by atoms with Crippen molar-refractivity contribution in [3.05, 3.63) is 29.3 Å². The van der Waals surface area contributed by atoms with Gasteiger partial charge >= 0.3 is 0 Å². The van der Waals surface area contributed by atoms with E-state index >= 15 is 0 Å². The summed E-state index contributed by atoms with van der Waals surface area (Å²) in [6.07, 6.45) is 1.36. The lowest BCUT2D eigenvalue weighted by molar-refractivity contribution is -0.165. The topological polar surface area (TPSA) is 76.0 Å². The van der Waals surface area contributed by atoms with Gasteiger partial charge in [0.1, 0.15) is 0 Å². The van der Waals surface area contributed by atoms with Crippen molar-refractivity contribution in [2.75, 3.05) is 0 Å². The molecular formula is C13H12N2O4. The number of carbonyl (C=O) groups excluding carboxylic acids is 3. The van der Waals surface area contributed by atoms with Crippen LogP contribution in [0.4, 0.5) is 5.69 Å². The number of aliphatic imine (C=N–C) groups is 1. The molecule has 1 aromatic rings. The van der Waals surface area contributed by atoms with E-state index in [2.05, 4.69) is 4.99 Å². The maximum atomic E-state index is 12.2. The summed E-state index contributed by atoms with van der Waals surface area (Å²) < 4.78 is 0. The fraction of sp³-hybridized carbons (Fsp3) is 0.308. The zero-order valence-electron chi connectivity index (χ0n) is 10.8. The number of carbonyl (C=O) groups is 2. The van der Waals surface area contributed by atoms with Gasteiger partial charge in [-0.1, -0.05) is 6.07 Å². The normalized spacial score (nSPS) is 14.4. The standard InChI is InChI=1S/C13H12N2O4/c1-13(2,3)19-15-11(17)8-5-4-6-9(14-7-16)10(8)12(15)18/h4-6H,1-3H3. The highest BCUT2D eigenvalue weighted by Crippen LogP contribution is 2.32. The Morgan fingerprint density at radius 3 is 2.47 bits per heavy atom. The Bertz CT molecular complexity index is 610. The lowest BCUT2D eigenvalue weighted by Gasteiger charge is -2.24. The van der Waals surface area contributed by atoms with Crippen LogP contribution in [0.2, 0.25) is 0 Å². The van der Waals surface area contributed by atoms with Crippen molar-refractivity contribution in [2.24, 2.45) is 4.99 Å². The predicted octanol–water partition coefficient (Wildman–Crippen LogP) is 1.98. The highest BCUT2D eigenvalue weighted by molar-refractivity contribution is 6.22. The average Bonchev–Trinajstić information content (AvgIpc) is 2.54. The molecule has 6 nitrogen and oxygen atoms in total. The highest BCUT2D eigenvalue weighted by Gasteiger charge is 2.40. The molecule has 0 atom stereocenters. The van der Waals surface area contributed by atoms with E-state index in [9.17, 15) is 14.4 Å². The molecule has 1 aliphatic heterocycles. The van der Waals surface area contributed by atoms with Crippen LogP contribution in [-0.2, 0) is 9.63 Å². The second-order valence-corrected chi connectivity index (χ2v) is 5.01. The monoisotopic (exact) mass is 260 g/mol. The Morgan fingerprint density at radius 1 is 1.21 bits per heavy atom. The third-order valence-corrected chi connectivity index (χ3v) is 2.39. The maximum absolute atomic E-state index is 12.2. The zero-order valence-corrected chi connectivity index (χ0v) is 10.8. The Hall–Kier alpha value is -2.30. The van der Waals surface area contributed by atoms with Crippen LogP contribution in [0, 0.1) is 0 Å². The van der Waals surface area contributed by atoms with Gasteiger partial charge in [0.2, 0.25) is 6.08 Å². The molecule has 2 rings (SSSR count). The van der Waals surface area contributed by atoms with Gasteiger partial charge in [-0.05, 0) is 32.9 Å². The molecule has 1 aliphatic rings. The van der Waals surface area contributed by atoms with Crippen molar-refractivity contribution < 1.29 is 19.2 Å². The van der Waals surface area contributed by atoms with E-state index in [0.29, 0.717) is 5.06 Å². The van der Waals surface area contributed by atoms with Crippen LogP contribution in [0.3, 0.4) is 0 Å². The molecule has 0 fully saturated rings. The number of isocyanates is 1. The van der Waals surface area contributed by atoms with Crippen molar-refractivity contribution in [2.45, 2.75) is 26.4 Å². The number of imide groups is 1. The molecule has 6 heteroatoms. The average molecular weight is 260 g/mol. The van der Waals surface area contributed by atoms with E-state index in [4.69, 9.17) is 4.84 Å². The van der Waals surface area contributed by atoms with Gasteiger partial charge in [-0.2, -0.15) is 4.99 Å². The molecule has 0 bridgehead atoms. The van der Waals surface area contributed by atoms with E-state index < -0.39 is 17.4 Å². The number of fused-ring (bicyclic) bond motifs is 1. The molecule has 98 valence electrons. The van der Waals surface area contributed by atoms with Crippen molar-refractivity contribution in [1.82, 2.24) is 5.06 Å². The van der Waals surface area contributed by atoms with Crippen LogP contribution >= 0.6 is 0 Å². The van der Waals surface area contributed by atoms with Crippen molar-refractivity contribution in [3.8, 4) is 0 Å². The van der Waals surface area contributed by atoms with Crippen LogP contribution < -0.4 is 0 Å². The molecule has 0 spiro atoms. The largest absolute Gasteiger partial charge is 0.288 e. The molecule has 19 heavy (non-hydrogen) atoms. The highest BCUT2D eigenvalue weighted by atomic mass is 16.7. The van der Waals surface area contributed by atoms with Crippen molar-refractivity contribution in [3.63, 3.8) is 0 Å². The maximum Gasteiger partial charge on any atom is 0.288 e. The van der Waals surface area contributed by atoms with Crippen molar-refractivity contribution >= 4 is 23.6 Å². The summed E-state index contributed by atoms with van der Waals surface area (Å²) in [5.74, 6) is -1.18. The molecule has 0 saturated carbocycles. The minimum absolute atomic E-state index is 0.0695. The van der Waals surface area contributed by atoms with E-state index in [1.807, 2.05) is 0 Å². The predicted molar refractivity (Wildman–Crippen MR) is 65.6 cm³/mol. The van der Waals surface area contributed by atoms with E-state index in [1.54, 1.807) is 26.8 Å². The molecule has 0 N–H and O–H groups in total. The van der Waals surface area contributed by atoms with E-state index in [1.165, 1.54) is 18.2 Å². The molecule has 1 aromatic carbocycles. The fourth-order valence-electron chi connectivity index (χ4n) is 1.75. The van der Waals surface area contributed by atoms with Crippen LogP contribution in [0.5, 0.6) is 0 Å². The fourth-order valence-corrected chi connectivity index (χ4v) is 1.75. The Labute approximate surface area is 109 Å². The number of hydrogen-bond donors (Lipinski definition) is 0. The van der Waals surface area contributed by atoms with Gasteiger partial charge in [0, 0.05) is 0 Å². The zero-order chi connectivity index (χ0) is 14.2. The Kier molecular flexibility index (Phi) is 3.06. The van der Waals surface area contributed by atoms with Gasteiger partial charge < -0.3 is 0 Å². The molecular weight excluding hydrogens is 248 g/mol. The van der Waals surface area contributed by atoms with Gasteiger partial charge in [0.25, 0.3) is 11.8 Å². The summed E-state index contributed by atoms with van der Waals surface area (Å²) in [5.41, 5.74) is -0.335. The number of nitrogens with zero attached hydrogens (tertiary/aromatic N) is 2. The summed E-state index contributed by atoms with van der Waals surface area (Å²) >= 11 is 0. The quantitative estimate of drug-likeness (QED) is 0.463. The van der Waals surface area contributed by atoms with Crippen LogP contribution in [0.25, 0.3) is 0 Å². The van der Waals surface area contributed by atoms with Crippen molar-refractivity contribution in [1.29, 1.82) is 0 Å². The summed E-state index contributed by atoms with van der Waals surface area (Å²) in [6.45, 7) is 5.17. The smallest absolute Gasteiger partial charge is 0.266 e. The van der Waals surface area contributed by atoms with E-state index in [-0.39, 0.29) is 16.8 Å². The van der Waals surface area contributed by atoms with Crippen LogP contribution in [0.1, 0.15) is 41.5 Å². The first-order chi connectivity index (χ1) is 8.85. The summed E-state index contributed by atoms with van der Waals surface area (Å²) in [5, 5.41) is 0.703. The van der Waals surface area contributed by atoms with Gasteiger partial charge in [-0.25, -0.2) is 4.79 Å². The number of hydrogen-bond acceptors (Lipinski definition) is 5. The first-order valence-electron chi connectivity index (χ1n) is 5.64. The van der Waals surface area contributed by atoms with Gasteiger partial charge in [-0.15, -0.1) is 5.06 Å². The molecule has 1 heterocycles. The lowest BCUT2D eigenvalue weighted by atomic mass is 10.1. The number of amides is 2. The molecule has 2 amide bonds. The molecule has 0 aliphatic carbocycles. The van der Waals surface area contributed by atoms with Crippen LogP contribution in [0.15, 0.2) is 23.2 Å². The second-order valence-electron chi connectivity index (χ2n) is 5.01. The third-order valence-electron chi connectivity index (χ3n) is 2.39. The summed E-state index contributed by atoms with van der Waals surface area (Å²) in [6, 6.07) is 4.50. The molecule has 0 unspecified atom stereocenters. The summed E-state index contributed by atoms with van der Waals surface area (Å²) in [7, 11) is 0. The number of hydroxylamine groups is 2. The van der Waals surface area contributed by atoms with Gasteiger partial charge in [-0.3, -0.25) is 14.4 Å². The minimum Gasteiger partial charge on any atom is -0.266 e. The second kappa shape index (κ2) is 4.42. The van der Waals surface area contributed by atoms with Gasteiger partial charge in [0.15, 0.2) is 0 Å². The van der Waals surface area contributed by atoms with E-state index in [0.717, 1.165) is 0 Å². The SMILES string of the molecule is CC(C)(C)ON1C(=O)c2cccc(N=C=O)c2C1=O.